The Morgan fingerprint density at radius 1 is 0.882 bits per heavy atom. The molecular formula is C22H23N5O5S2. The molecule has 1 heterocycles. The van der Waals surface area contributed by atoms with Crippen molar-refractivity contribution in [3.63, 3.8) is 0 Å². The maximum Gasteiger partial charge on any atom is 0.240 e. The number of fused-ring (bicyclic) bond motifs is 1. The van der Waals surface area contributed by atoms with Crippen molar-refractivity contribution in [2.45, 2.75) is 29.1 Å². The predicted octanol–water partition coefficient (Wildman–Crippen LogP) is 2.79. The first kappa shape index (κ1) is 23.8. The molecule has 0 bridgehead atoms. The molecule has 0 amide bonds. The Bertz CT molecular complexity index is 1490. The standard InChI is InChI=1S/C22H23N5O5S2/c1-23-34(31,32)16-7-9-20(33(2,29)30)18(11-16)27-22-12-21(24-13-25-22)26-15-6-8-17-14(10-15)4-3-5-19(17)28/h6-13,23H,3-5H2,1-2H3,(H2,24,25,26,27). The van der Waals surface area contributed by atoms with Gasteiger partial charge in [-0.05, 0) is 61.9 Å². The lowest BCUT2D eigenvalue weighted by molar-refractivity contribution is 0.0972. The van der Waals surface area contributed by atoms with Crippen molar-refractivity contribution >= 4 is 48.7 Å². The molecule has 0 fully saturated rings. The summed E-state index contributed by atoms with van der Waals surface area (Å²) in [6.07, 6.45) is 4.54. The lowest BCUT2D eigenvalue weighted by Crippen LogP contribution is -2.19. The Labute approximate surface area is 197 Å². The lowest BCUT2D eigenvalue weighted by atomic mass is 9.90. The van der Waals surface area contributed by atoms with Crippen LogP contribution in [0.2, 0.25) is 0 Å². The quantitative estimate of drug-likeness (QED) is 0.444. The van der Waals surface area contributed by atoms with Crippen molar-refractivity contribution in [1.82, 2.24) is 14.7 Å². The number of nitrogens with one attached hydrogen (secondary N) is 3. The highest BCUT2D eigenvalue weighted by Crippen LogP contribution is 2.29. The summed E-state index contributed by atoms with van der Waals surface area (Å²) >= 11 is 0. The average Bonchev–Trinajstić information content (AvgIpc) is 2.78. The van der Waals surface area contributed by atoms with E-state index >= 15 is 0 Å². The topological polar surface area (TPSA) is 147 Å². The van der Waals surface area contributed by atoms with E-state index in [2.05, 4.69) is 25.3 Å². The number of hydrogen-bond acceptors (Lipinski definition) is 9. The predicted molar refractivity (Wildman–Crippen MR) is 128 cm³/mol. The number of hydrogen-bond donors (Lipinski definition) is 3. The second kappa shape index (κ2) is 9.12. The van der Waals surface area contributed by atoms with Crippen molar-refractivity contribution in [2.75, 3.05) is 23.9 Å². The summed E-state index contributed by atoms with van der Waals surface area (Å²) in [5, 5.41) is 6.05. The fourth-order valence-corrected chi connectivity index (χ4v) is 5.30. The fourth-order valence-electron chi connectivity index (χ4n) is 3.72. The Kier molecular flexibility index (Phi) is 6.39. The van der Waals surface area contributed by atoms with E-state index in [4.69, 9.17) is 0 Å². The van der Waals surface area contributed by atoms with Gasteiger partial charge in [-0.2, -0.15) is 0 Å². The number of carbonyl (C=O) groups is 1. The maximum atomic E-state index is 12.2. The van der Waals surface area contributed by atoms with Crippen LogP contribution >= 0.6 is 0 Å². The van der Waals surface area contributed by atoms with Crippen LogP contribution < -0.4 is 15.4 Å². The number of ketones is 1. The molecule has 0 saturated carbocycles. The van der Waals surface area contributed by atoms with Crippen LogP contribution in [0.4, 0.5) is 23.0 Å². The van der Waals surface area contributed by atoms with Crippen molar-refractivity contribution in [3.8, 4) is 0 Å². The third-order valence-corrected chi connectivity index (χ3v) is 7.95. The largest absolute Gasteiger partial charge is 0.340 e. The number of anilines is 4. The lowest BCUT2D eigenvalue weighted by Gasteiger charge is -2.16. The van der Waals surface area contributed by atoms with Crippen molar-refractivity contribution in [1.29, 1.82) is 0 Å². The molecule has 10 nitrogen and oxygen atoms in total. The van der Waals surface area contributed by atoms with Gasteiger partial charge in [0, 0.05) is 30.0 Å². The van der Waals surface area contributed by atoms with Crippen LogP contribution in [0.5, 0.6) is 0 Å². The van der Waals surface area contributed by atoms with E-state index in [0.29, 0.717) is 12.2 Å². The molecule has 178 valence electrons. The van der Waals surface area contributed by atoms with E-state index in [1.807, 2.05) is 6.07 Å². The first-order chi connectivity index (χ1) is 16.1. The van der Waals surface area contributed by atoms with Gasteiger partial charge < -0.3 is 10.6 Å². The molecule has 1 aromatic heterocycles. The first-order valence-corrected chi connectivity index (χ1v) is 13.7. The summed E-state index contributed by atoms with van der Waals surface area (Å²) in [7, 11) is -6.18. The summed E-state index contributed by atoms with van der Waals surface area (Å²) in [6, 6.07) is 10.8. The second-order valence-corrected chi connectivity index (χ2v) is 11.7. The normalized spacial score (nSPS) is 13.9. The number of sulfone groups is 1. The molecule has 0 spiro atoms. The van der Waals surface area contributed by atoms with Crippen LogP contribution in [0.1, 0.15) is 28.8 Å². The van der Waals surface area contributed by atoms with Crippen molar-refractivity contribution in [2.24, 2.45) is 0 Å². The Hall–Kier alpha value is -3.35. The van der Waals surface area contributed by atoms with Gasteiger partial charge in [0.05, 0.1) is 15.5 Å². The fraction of sp³-hybridized carbons (Fsp3) is 0.227. The molecule has 0 aliphatic heterocycles. The van der Waals surface area contributed by atoms with Gasteiger partial charge in [0.25, 0.3) is 0 Å². The summed E-state index contributed by atoms with van der Waals surface area (Å²) in [5.74, 6) is 0.833. The van der Waals surface area contributed by atoms with E-state index in [-0.39, 0.29) is 27.1 Å². The monoisotopic (exact) mass is 501 g/mol. The smallest absolute Gasteiger partial charge is 0.240 e. The molecule has 1 aliphatic rings. The molecule has 0 atom stereocenters. The van der Waals surface area contributed by atoms with Gasteiger partial charge in [-0.1, -0.05) is 0 Å². The van der Waals surface area contributed by atoms with Gasteiger partial charge in [0.2, 0.25) is 10.0 Å². The van der Waals surface area contributed by atoms with Crippen LogP contribution in [0.3, 0.4) is 0 Å². The molecule has 12 heteroatoms. The summed E-state index contributed by atoms with van der Waals surface area (Å²) in [6.45, 7) is 0. The van der Waals surface area contributed by atoms with Crippen LogP contribution in [-0.4, -0.2) is 45.9 Å². The minimum Gasteiger partial charge on any atom is -0.340 e. The highest BCUT2D eigenvalue weighted by Gasteiger charge is 2.20. The van der Waals surface area contributed by atoms with Crippen LogP contribution in [0, 0.1) is 0 Å². The van der Waals surface area contributed by atoms with Crippen LogP contribution in [0.15, 0.2) is 58.6 Å². The van der Waals surface area contributed by atoms with E-state index in [1.54, 1.807) is 18.2 Å². The van der Waals surface area contributed by atoms with Gasteiger partial charge in [0.15, 0.2) is 15.6 Å². The number of benzene rings is 2. The zero-order chi connectivity index (χ0) is 24.5. The van der Waals surface area contributed by atoms with Gasteiger partial charge in [-0.15, -0.1) is 0 Å². The maximum absolute atomic E-state index is 12.2. The highest BCUT2D eigenvalue weighted by molar-refractivity contribution is 7.91. The Morgan fingerprint density at radius 3 is 2.32 bits per heavy atom. The van der Waals surface area contributed by atoms with Gasteiger partial charge in [0.1, 0.15) is 18.0 Å². The molecule has 3 N–H and O–H groups in total. The van der Waals surface area contributed by atoms with E-state index in [0.717, 1.165) is 35.9 Å². The van der Waals surface area contributed by atoms with E-state index in [1.165, 1.54) is 31.6 Å². The zero-order valence-electron chi connectivity index (χ0n) is 18.5. The molecule has 34 heavy (non-hydrogen) atoms. The average molecular weight is 502 g/mol. The minimum atomic E-state index is -3.79. The molecular weight excluding hydrogens is 478 g/mol. The number of Topliss-reactive ketones (excluding diaryl/α,β-unsaturated/α-hetero) is 1. The second-order valence-electron chi connectivity index (χ2n) is 7.82. The SMILES string of the molecule is CNS(=O)(=O)c1ccc(S(C)(=O)=O)c(Nc2cc(Nc3ccc4c(c3)CCCC4=O)ncn2)c1. The minimum absolute atomic E-state index is 0.0655. The molecule has 2 aromatic carbocycles. The Balaban J connectivity index is 1.64. The third kappa shape index (κ3) is 5.08. The van der Waals surface area contributed by atoms with Gasteiger partial charge in [-0.3, -0.25) is 4.79 Å². The number of nitrogens with zero attached hydrogens (tertiary/aromatic N) is 2. The summed E-state index contributed by atoms with van der Waals surface area (Å²) < 4.78 is 51.1. The number of carbonyl (C=O) groups excluding carboxylic acids is 1. The van der Waals surface area contributed by atoms with Crippen LogP contribution in [0.25, 0.3) is 0 Å². The molecule has 4 rings (SSSR count). The van der Waals surface area contributed by atoms with E-state index in [9.17, 15) is 21.6 Å². The molecule has 0 unspecified atom stereocenters. The van der Waals surface area contributed by atoms with Crippen molar-refractivity contribution in [3.05, 3.63) is 59.9 Å². The molecule has 0 radical (unpaired) electrons. The highest BCUT2D eigenvalue weighted by atomic mass is 32.2. The molecule has 0 saturated heterocycles. The zero-order valence-corrected chi connectivity index (χ0v) is 20.1. The Morgan fingerprint density at radius 2 is 1.62 bits per heavy atom. The summed E-state index contributed by atoms with van der Waals surface area (Å²) in [5.41, 5.74) is 2.54. The molecule has 1 aliphatic carbocycles. The summed E-state index contributed by atoms with van der Waals surface area (Å²) in [4.78, 5) is 20.2. The van der Waals surface area contributed by atoms with Crippen LogP contribution in [-0.2, 0) is 26.3 Å². The number of aryl methyl sites for hydroxylation is 1. The van der Waals surface area contributed by atoms with Gasteiger partial charge in [-0.25, -0.2) is 31.5 Å². The number of sulfonamides is 1. The third-order valence-electron chi connectivity index (χ3n) is 5.39. The molecule has 3 aromatic rings. The first-order valence-electron chi connectivity index (χ1n) is 10.4. The van der Waals surface area contributed by atoms with Crippen molar-refractivity contribution < 1.29 is 21.6 Å². The van der Waals surface area contributed by atoms with E-state index < -0.39 is 19.9 Å². The number of rotatable bonds is 7. The number of aromatic nitrogens is 2. The van der Waals surface area contributed by atoms with Gasteiger partial charge >= 0.3 is 0 Å².